The van der Waals surface area contributed by atoms with E-state index >= 15 is 0 Å². The minimum Gasteiger partial charge on any atom is -0.192 e. The van der Waals surface area contributed by atoms with E-state index in [4.69, 9.17) is 5.26 Å². The molecular weight excluding hydrogens is 409 g/mol. The summed E-state index contributed by atoms with van der Waals surface area (Å²) < 4.78 is 2.07. The van der Waals surface area contributed by atoms with Gasteiger partial charge in [-0.15, -0.1) is 0 Å². The van der Waals surface area contributed by atoms with Gasteiger partial charge in [0.2, 0.25) is 0 Å². The average Bonchev–Trinajstić information content (AvgIpc) is 2.32. The fourth-order valence-corrected chi connectivity index (χ4v) is 3.12. The number of hydrogen-bond donors (Lipinski definition) is 0. The van der Waals surface area contributed by atoms with Crippen LogP contribution in [0.4, 0.5) is 0 Å². The highest BCUT2D eigenvalue weighted by Crippen LogP contribution is 2.31. The SMILES string of the molecule is N#Cc1ccc(Sc2ccc(I)cc2)cc1Br. The Hall–Kier alpha value is -0.510. The molecule has 0 radical (unpaired) electrons. The molecule has 4 heteroatoms. The van der Waals surface area contributed by atoms with Gasteiger partial charge < -0.3 is 0 Å². The van der Waals surface area contributed by atoms with Crippen molar-refractivity contribution in [1.82, 2.24) is 0 Å². The van der Waals surface area contributed by atoms with Crippen molar-refractivity contribution in [1.29, 1.82) is 5.26 Å². The summed E-state index contributed by atoms with van der Waals surface area (Å²) in [5, 5.41) is 8.84. The molecule has 0 saturated carbocycles. The van der Waals surface area contributed by atoms with E-state index in [1.807, 2.05) is 18.2 Å². The average molecular weight is 416 g/mol. The van der Waals surface area contributed by atoms with Crippen LogP contribution in [0, 0.1) is 14.9 Å². The highest BCUT2D eigenvalue weighted by atomic mass is 127. The minimum absolute atomic E-state index is 0.664. The van der Waals surface area contributed by atoms with Gasteiger partial charge in [-0.3, -0.25) is 0 Å². The number of nitrogens with zero attached hydrogens (tertiary/aromatic N) is 1. The largest absolute Gasteiger partial charge is 0.192 e. The first-order valence-corrected chi connectivity index (χ1v) is 7.51. The molecule has 0 aromatic heterocycles. The van der Waals surface area contributed by atoms with Crippen LogP contribution in [0.5, 0.6) is 0 Å². The van der Waals surface area contributed by atoms with Crippen LogP contribution in [0.25, 0.3) is 0 Å². The van der Waals surface area contributed by atoms with Crippen LogP contribution in [0.2, 0.25) is 0 Å². The lowest BCUT2D eigenvalue weighted by molar-refractivity contribution is 1.36. The molecule has 2 aromatic carbocycles. The van der Waals surface area contributed by atoms with Crippen molar-refractivity contribution in [2.24, 2.45) is 0 Å². The Balaban J connectivity index is 2.22. The van der Waals surface area contributed by atoms with E-state index in [0.29, 0.717) is 5.56 Å². The van der Waals surface area contributed by atoms with Crippen LogP contribution in [-0.4, -0.2) is 0 Å². The zero-order valence-corrected chi connectivity index (χ0v) is 13.2. The first kappa shape index (κ1) is 12.9. The summed E-state index contributed by atoms with van der Waals surface area (Å²) in [6.07, 6.45) is 0. The van der Waals surface area contributed by atoms with Crippen molar-refractivity contribution in [3.63, 3.8) is 0 Å². The fourth-order valence-electron chi connectivity index (χ4n) is 1.29. The minimum atomic E-state index is 0.664. The first-order valence-electron chi connectivity index (χ1n) is 4.82. The summed E-state index contributed by atoms with van der Waals surface area (Å²) in [7, 11) is 0. The lowest BCUT2D eigenvalue weighted by atomic mass is 10.2. The van der Waals surface area contributed by atoms with E-state index in [1.54, 1.807) is 11.8 Å². The molecule has 0 amide bonds. The third-order valence-electron chi connectivity index (χ3n) is 2.11. The Morgan fingerprint density at radius 3 is 2.29 bits per heavy atom. The summed E-state index contributed by atoms with van der Waals surface area (Å²) in [6, 6.07) is 16.3. The second-order valence-electron chi connectivity index (χ2n) is 3.31. The third kappa shape index (κ3) is 3.47. The number of benzene rings is 2. The van der Waals surface area contributed by atoms with E-state index < -0.39 is 0 Å². The second kappa shape index (κ2) is 5.89. The summed E-state index contributed by atoms with van der Waals surface area (Å²) in [5.41, 5.74) is 0.664. The standard InChI is InChI=1S/C13H7BrINS/c14-13-7-12(4-1-9(13)8-16)17-11-5-2-10(15)3-6-11/h1-7H. The van der Waals surface area contributed by atoms with Gasteiger partial charge in [0.05, 0.1) is 5.56 Å². The maximum absolute atomic E-state index is 8.84. The number of hydrogen-bond acceptors (Lipinski definition) is 2. The van der Waals surface area contributed by atoms with Crippen LogP contribution in [0.3, 0.4) is 0 Å². The second-order valence-corrected chi connectivity index (χ2v) is 6.56. The van der Waals surface area contributed by atoms with Crippen LogP contribution >= 0.6 is 50.3 Å². The van der Waals surface area contributed by atoms with Gasteiger partial charge in [-0.05, 0) is 81.0 Å². The number of nitriles is 1. The van der Waals surface area contributed by atoms with Crippen LogP contribution in [0.15, 0.2) is 56.7 Å². The van der Waals surface area contributed by atoms with Gasteiger partial charge in [0, 0.05) is 17.8 Å². The highest BCUT2D eigenvalue weighted by Gasteiger charge is 2.02. The maximum Gasteiger partial charge on any atom is 0.100 e. The Morgan fingerprint density at radius 1 is 1.06 bits per heavy atom. The summed E-state index contributed by atoms with van der Waals surface area (Å²) in [4.78, 5) is 2.32. The van der Waals surface area contributed by atoms with Crippen LogP contribution < -0.4 is 0 Å². The van der Waals surface area contributed by atoms with Gasteiger partial charge in [0.25, 0.3) is 0 Å². The topological polar surface area (TPSA) is 23.8 Å². The van der Waals surface area contributed by atoms with E-state index in [1.165, 1.54) is 8.47 Å². The molecule has 0 unspecified atom stereocenters. The molecule has 0 saturated heterocycles. The monoisotopic (exact) mass is 415 g/mol. The van der Waals surface area contributed by atoms with Crippen molar-refractivity contribution in [3.8, 4) is 6.07 Å². The molecule has 84 valence electrons. The van der Waals surface area contributed by atoms with Gasteiger partial charge >= 0.3 is 0 Å². The number of halogens is 2. The molecule has 2 aromatic rings. The summed E-state index contributed by atoms with van der Waals surface area (Å²) in [6.45, 7) is 0. The molecule has 0 bridgehead atoms. The Morgan fingerprint density at radius 2 is 1.71 bits per heavy atom. The molecule has 0 aliphatic heterocycles. The molecule has 0 spiro atoms. The molecule has 0 atom stereocenters. The number of rotatable bonds is 2. The lowest BCUT2D eigenvalue weighted by Crippen LogP contribution is -1.79. The summed E-state index contributed by atoms with van der Waals surface area (Å²) >= 11 is 7.37. The molecule has 0 aliphatic rings. The van der Waals surface area contributed by atoms with E-state index in [9.17, 15) is 0 Å². The van der Waals surface area contributed by atoms with Crippen LogP contribution in [0.1, 0.15) is 5.56 Å². The van der Waals surface area contributed by atoms with Crippen molar-refractivity contribution in [2.45, 2.75) is 9.79 Å². The van der Waals surface area contributed by atoms with Crippen molar-refractivity contribution < 1.29 is 0 Å². The molecule has 0 fully saturated rings. The van der Waals surface area contributed by atoms with Crippen molar-refractivity contribution in [3.05, 3.63) is 56.1 Å². The Labute approximate surface area is 126 Å². The molecule has 0 N–H and O–H groups in total. The van der Waals surface area contributed by atoms with E-state index in [2.05, 4.69) is 68.9 Å². The third-order valence-corrected chi connectivity index (χ3v) is 4.48. The smallest absolute Gasteiger partial charge is 0.100 e. The quantitative estimate of drug-likeness (QED) is 0.639. The molecule has 0 aliphatic carbocycles. The molecule has 17 heavy (non-hydrogen) atoms. The van der Waals surface area contributed by atoms with Gasteiger partial charge in [0.1, 0.15) is 6.07 Å². The summed E-state index contributed by atoms with van der Waals surface area (Å²) in [5.74, 6) is 0. The van der Waals surface area contributed by atoms with E-state index in [-0.39, 0.29) is 0 Å². The first-order chi connectivity index (χ1) is 8.19. The van der Waals surface area contributed by atoms with Gasteiger partial charge in [-0.1, -0.05) is 11.8 Å². The van der Waals surface area contributed by atoms with Crippen LogP contribution in [-0.2, 0) is 0 Å². The van der Waals surface area contributed by atoms with Crippen molar-refractivity contribution >= 4 is 50.3 Å². The fraction of sp³-hybridized carbons (Fsp3) is 0. The molecule has 0 heterocycles. The zero-order valence-electron chi connectivity index (χ0n) is 8.65. The van der Waals surface area contributed by atoms with Gasteiger partial charge in [-0.2, -0.15) is 5.26 Å². The Bertz CT molecular complexity index is 575. The predicted molar refractivity (Wildman–Crippen MR) is 82.1 cm³/mol. The van der Waals surface area contributed by atoms with Gasteiger partial charge in [0.15, 0.2) is 0 Å². The predicted octanol–water partition coefficient (Wildman–Crippen LogP) is 5.08. The molecular formula is C13H7BrINS. The lowest BCUT2D eigenvalue weighted by Gasteiger charge is -2.03. The molecule has 1 nitrogen and oxygen atoms in total. The zero-order chi connectivity index (χ0) is 12.3. The normalized spacial score (nSPS) is 9.94. The van der Waals surface area contributed by atoms with Crippen molar-refractivity contribution in [2.75, 3.05) is 0 Å². The highest BCUT2D eigenvalue weighted by molar-refractivity contribution is 14.1. The maximum atomic E-state index is 8.84. The Kier molecular flexibility index (Phi) is 4.48. The molecule has 2 rings (SSSR count). The van der Waals surface area contributed by atoms with E-state index in [0.717, 1.165) is 9.37 Å². The van der Waals surface area contributed by atoms with Gasteiger partial charge in [-0.25, -0.2) is 0 Å².